The van der Waals surface area contributed by atoms with E-state index in [1.165, 1.54) is 18.2 Å². The minimum absolute atomic E-state index is 0.0832. The Labute approximate surface area is 129 Å². The Morgan fingerprint density at radius 2 is 1.87 bits per heavy atom. The molecule has 2 rings (SSSR count). The number of nitrogen functional groups attached to an aromatic ring is 2. The molecule has 0 unspecified atom stereocenters. The monoisotopic (exact) mass is 320 g/mol. The number of rotatable bonds is 5. The van der Waals surface area contributed by atoms with Gasteiger partial charge in [-0.25, -0.2) is 4.39 Å². The molecular weight excluding hydrogens is 307 g/mol. The van der Waals surface area contributed by atoms with Crippen molar-refractivity contribution in [1.29, 1.82) is 0 Å². The first-order valence-corrected chi connectivity index (χ1v) is 6.39. The quantitative estimate of drug-likeness (QED) is 0.633. The van der Waals surface area contributed by atoms with E-state index >= 15 is 0 Å². The second-order valence-electron chi connectivity index (χ2n) is 4.32. The number of hydrogen-bond acceptors (Lipinski definition) is 8. The Bertz CT molecular complexity index is 719. The zero-order chi connectivity index (χ0) is 16.8. The fourth-order valence-corrected chi connectivity index (χ4v) is 1.60. The Hall–Kier alpha value is -3.30. The lowest BCUT2D eigenvalue weighted by molar-refractivity contribution is -0.143. The molecule has 0 radical (unpaired) electrons. The number of aromatic nitrogens is 3. The lowest BCUT2D eigenvalue weighted by Gasteiger charge is -2.06. The number of halogens is 1. The lowest BCUT2D eigenvalue weighted by Crippen LogP contribution is -2.30. The molecule has 1 amide bonds. The van der Waals surface area contributed by atoms with E-state index in [0.29, 0.717) is 0 Å². The number of anilines is 2. The molecule has 10 heteroatoms. The molecule has 1 aromatic heterocycles. The van der Waals surface area contributed by atoms with E-state index in [-0.39, 0.29) is 29.9 Å². The second-order valence-corrected chi connectivity index (χ2v) is 4.32. The molecule has 0 saturated heterocycles. The smallest absolute Gasteiger partial charge is 0.325 e. The van der Waals surface area contributed by atoms with E-state index in [0.717, 1.165) is 6.07 Å². The molecule has 9 nitrogen and oxygen atoms in total. The van der Waals surface area contributed by atoms with Gasteiger partial charge in [0, 0.05) is 5.56 Å². The third-order valence-electron chi connectivity index (χ3n) is 2.56. The van der Waals surface area contributed by atoms with E-state index in [2.05, 4.69) is 20.3 Å². The molecule has 2 aromatic rings. The maximum Gasteiger partial charge on any atom is 0.325 e. The Balaban J connectivity index is 1.82. The maximum absolute atomic E-state index is 13.0. The number of amides is 1. The summed E-state index contributed by atoms with van der Waals surface area (Å²) in [6.45, 7) is -0.670. The summed E-state index contributed by atoms with van der Waals surface area (Å²) < 4.78 is 17.8. The number of carbonyl (C=O) groups excluding carboxylic acids is 2. The van der Waals surface area contributed by atoms with Gasteiger partial charge in [-0.1, -0.05) is 6.07 Å². The van der Waals surface area contributed by atoms with Crippen molar-refractivity contribution >= 4 is 23.8 Å². The van der Waals surface area contributed by atoms with Crippen LogP contribution in [0, 0.1) is 5.82 Å². The van der Waals surface area contributed by atoms with Crippen LogP contribution in [-0.4, -0.2) is 33.4 Å². The fourth-order valence-electron chi connectivity index (χ4n) is 1.60. The van der Waals surface area contributed by atoms with E-state index in [1.807, 2.05) is 0 Å². The van der Waals surface area contributed by atoms with Gasteiger partial charge in [0.15, 0.2) is 12.4 Å². The highest BCUT2D eigenvalue weighted by Crippen LogP contribution is 2.03. The molecular formula is C13H13FN6O3. The first kappa shape index (κ1) is 16.1. The van der Waals surface area contributed by atoms with Crippen LogP contribution < -0.4 is 16.8 Å². The number of nitrogens with one attached hydrogen (secondary N) is 1. The number of carbonyl (C=O) groups is 2. The fraction of sp³-hybridized carbons (Fsp3) is 0.154. The van der Waals surface area contributed by atoms with Crippen molar-refractivity contribution in [3.63, 3.8) is 0 Å². The molecule has 0 aliphatic carbocycles. The summed E-state index contributed by atoms with van der Waals surface area (Å²) in [4.78, 5) is 34.3. The molecule has 120 valence electrons. The van der Waals surface area contributed by atoms with Gasteiger partial charge in [0.25, 0.3) is 5.91 Å². The van der Waals surface area contributed by atoms with Gasteiger partial charge in [0.05, 0.1) is 0 Å². The normalized spacial score (nSPS) is 10.1. The minimum Gasteiger partial charge on any atom is -0.456 e. The van der Waals surface area contributed by atoms with Crippen LogP contribution in [0.1, 0.15) is 16.2 Å². The zero-order valence-corrected chi connectivity index (χ0v) is 11.8. The van der Waals surface area contributed by atoms with Crippen molar-refractivity contribution in [1.82, 2.24) is 20.3 Å². The SMILES string of the molecule is Nc1nc(N)nc(COC(=O)CNC(=O)c2cccc(F)c2)n1. The molecule has 1 aromatic carbocycles. The molecule has 0 fully saturated rings. The molecule has 1 heterocycles. The van der Waals surface area contributed by atoms with Gasteiger partial charge in [0.1, 0.15) is 12.4 Å². The van der Waals surface area contributed by atoms with Crippen molar-refractivity contribution in [2.45, 2.75) is 6.61 Å². The summed E-state index contributed by atoms with van der Waals surface area (Å²) in [5.41, 5.74) is 10.8. The number of nitrogens with zero attached hydrogens (tertiary/aromatic N) is 3. The second kappa shape index (κ2) is 7.11. The van der Waals surface area contributed by atoms with Crippen LogP contribution in [0.5, 0.6) is 0 Å². The summed E-state index contributed by atoms with van der Waals surface area (Å²) in [6.07, 6.45) is 0. The highest BCUT2D eigenvalue weighted by atomic mass is 19.1. The topological polar surface area (TPSA) is 146 Å². The average Bonchev–Trinajstić information content (AvgIpc) is 2.49. The standard InChI is InChI=1S/C13H13FN6O3/c14-8-3-1-2-7(4-8)11(22)17-5-10(21)23-6-9-18-12(15)20-13(16)19-9/h1-4H,5-6H2,(H,17,22)(H4,15,16,18,19,20). The van der Waals surface area contributed by atoms with Gasteiger partial charge in [-0.3, -0.25) is 9.59 Å². The van der Waals surface area contributed by atoms with Crippen molar-refractivity contribution in [2.75, 3.05) is 18.0 Å². The van der Waals surface area contributed by atoms with Crippen molar-refractivity contribution in [2.24, 2.45) is 0 Å². The van der Waals surface area contributed by atoms with E-state index in [9.17, 15) is 14.0 Å². The van der Waals surface area contributed by atoms with E-state index < -0.39 is 24.2 Å². The number of nitrogens with two attached hydrogens (primary N) is 2. The van der Waals surface area contributed by atoms with Gasteiger partial charge in [-0.15, -0.1) is 0 Å². The number of hydrogen-bond donors (Lipinski definition) is 3. The highest BCUT2D eigenvalue weighted by Gasteiger charge is 2.11. The zero-order valence-electron chi connectivity index (χ0n) is 11.8. The minimum atomic E-state index is -0.729. The predicted molar refractivity (Wildman–Crippen MR) is 77.2 cm³/mol. The molecule has 0 aliphatic heterocycles. The Kier molecular flexibility index (Phi) is 4.97. The first-order chi connectivity index (χ1) is 10.9. The van der Waals surface area contributed by atoms with Crippen LogP contribution in [0.15, 0.2) is 24.3 Å². The van der Waals surface area contributed by atoms with Gasteiger partial charge >= 0.3 is 5.97 Å². The van der Waals surface area contributed by atoms with Crippen LogP contribution in [0.3, 0.4) is 0 Å². The van der Waals surface area contributed by atoms with Crippen LogP contribution in [-0.2, 0) is 16.1 Å². The van der Waals surface area contributed by atoms with Crippen LogP contribution >= 0.6 is 0 Å². The summed E-state index contributed by atoms with van der Waals surface area (Å²) >= 11 is 0. The van der Waals surface area contributed by atoms with Crippen LogP contribution in [0.2, 0.25) is 0 Å². The molecule has 0 aliphatic rings. The molecule has 5 N–H and O–H groups in total. The van der Waals surface area contributed by atoms with Crippen LogP contribution in [0.4, 0.5) is 16.3 Å². The highest BCUT2D eigenvalue weighted by molar-refractivity contribution is 5.95. The van der Waals surface area contributed by atoms with E-state index in [4.69, 9.17) is 16.2 Å². The van der Waals surface area contributed by atoms with Crippen molar-refractivity contribution < 1.29 is 18.7 Å². The summed E-state index contributed by atoms with van der Waals surface area (Å²) in [5.74, 6) is -1.99. The molecule has 23 heavy (non-hydrogen) atoms. The Morgan fingerprint density at radius 1 is 1.17 bits per heavy atom. The largest absolute Gasteiger partial charge is 0.456 e. The van der Waals surface area contributed by atoms with Gasteiger partial charge in [-0.05, 0) is 18.2 Å². The maximum atomic E-state index is 13.0. The lowest BCUT2D eigenvalue weighted by atomic mass is 10.2. The van der Waals surface area contributed by atoms with Crippen molar-refractivity contribution in [3.05, 3.63) is 41.5 Å². The van der Waals surface area contributed by atoms with E-state index in [1.54, 1.807) is 0 Å². The summed E-state index contributed by atoms with van der Waals surface area (Å²) in [5, 5.41) is 2.30. The van der Waals surface area contributed by atoms with Gasteiger partial charge in [-0.2, -0.15) is 15.0 Å². The predicted octanol–water partition coefficient (Wildman–Crippen LogP) is -0.352. The number of benzene rings is 1. The molecule has 0 saturated carbocycles. The molecule has 0 spiro atoms. The number of esters is 1. The average molecular weight is 320 g/mol. The summed E-state index contributed by atoms with van der Waals surface area (Å²) in [7, 11) is 0. The third kappa shape index (κ3) is 4.88. The van der Waals surface area contributed by atoms with Crippen LogP contribution in [0.25, 0.3) is 0 Å². The molecule has 0 bridgehead atoms. The summed E-state index contributed by atoms with van der Waals surface area (Å²) in [6, 6.07) is 5.06. The number of ether oxygens (including phenoxy) is 1. The first-order valence-electron chi connectivity index (χ1n) is 6.39. The van der Waals surface area contributed by atoms with Gasteiger partial charge < -0.3 is 21.5 Å². The van der Waals surface area contributed by atoms with Gasteiger partial charge in [0.2, 0.25) is 11.9 Å². The Morgan fingerprint density at radius 3 is 2.52 bits per heavy atom. The van der Waals surface area contributed by atoms with Crippen molar-refractivity contribution in [3.8, 4) is 0 Å². The molecule has 0 atom stereocenters. The third-order valence-corrected chi connectivity index (χ3v) is 2.56.